The van der Waals surface area contributed by atoms with Gasteiger partial charge in [-0.1, -0.05) is 35.9 Å². The quantitative estimate of drug-likeness (QED) is 0.643. The number of aromatic nitrogens is 2. The number of fused-ring (bicyclic) bond motifs is 1. The third-order valence-electron chi connectivity index (χ3n) is 6.24. The Labute approximate surface area is 177 Å². The molecule has 0 aliphatic heterocycles. The van der Waals surface area contributed by atoms with Gasteiger partial charge in [0.2, 0.25) is 0 Å². The van der Waals surface area contributed by atoms with E-state index >= 15 is 0 Å². The van der Waals surface area contributed by atoms with Gasteiger partial charge in [0, 0.05) is 24.1 Å². The van der Waals surface area contributed by atoms with Crippen LogP contribution in [0.15, 0.2) is 30.3 Å². The first-order valence-corrected chi connectivity index (χ1v) is 10.5. The molecule has 1 heterocycles. The monoisotopic (exact) mass is 404 g/mol. The van der Waals surface area contributed by atoms with E-state index in [-0.39, 0.29) is 6.54 Å². The number of nitrogens with zero attached hydrogens (tertiary/aromatic N) is 2. The molecule has 0 radical (unpaired) electrons. The van der Waals surface area contributed by atoms with E-state index in [1.54, 1.807) is 4.68 Å². The molecule has 0 fully saturated rings. The predicted molar refractivity (Wildman–Crippen MR) is 116 cm³/mol. The molecule has 0 saturated heterocycles. The van der Waals surface area contributed by atoms with Crippen molar-refractivity contribution in [3.63, 3.8) is 0 Å². The van der Waals surface area contributed by atoms with Crippen LogP contribution >= 0.6 is 0 Å². The van der Waals surface area contributed by atoms with Gasteiger partial charge in [0.05, 0.1) is 5.69 Å². The number of carboxylic acid groups (broad SMARTS) is 1. The summed E-state index contributed by atoms with van der Waals surface area (Å²) in [7, 11) is 0. The number of phenols is 1. The van der Waals surface area contributed by atoms with Crippen LogP contribution in [0.3, 0.4) is 0 Å². The summed E-state index contributed by atoms with van der Waals surface area (Å²) < 4.78 is 1.57. The summed E-state index contributed by atoms with van der Waals surface area (Å²) in [5, 5.41) is 24.5. The highest BCUT2D eigenvalue weighted by Crippen LogP contribution is 2.38. The Bertz CT molecular complexity index is 1110. The minimum atomic E-state index is -0.891. The maximum Gasteiger partial charge on any atom is 0.325 e. The maximum absolute atomic E-state index is 11.1. The van der Waals surface area contributed by atoms with E-state index in [4.69, 9.17) is 5.11 Å². The maximum atomic E-state index is 11.1. The van der Waals surface area contributed by atoms with Crippen LogP contribution in [0.4, 0.5) is 0 Å². The number of phenolic OH excluding ortho intramolecular Hbond substituents is 1. The minimum absolute atomic E-state index is 0.126. The third kappa shape index (κ3) is 3.84. The molecule has 1 aliphatic rings. The molecule has 0 atom stereocenters. The molecule has 2 N–H and O–H groups in total. The van der Waals surface area contributed by atoms with Gasteiger partial charge in [-0.05, 0) is 67.9 Å². The Morgan fingerprint density at radius 3 is 2.43 bits per heavy atom. The van der Waals surface area contributed by atoms with Crippen LogP contribution in [0, 0.1) is 20.8 Å². The van der Waals surface area contributed by atoms with Crippen LogP contribution < -0.4 is 0 Å². The largest absolute Gasteiger partial charge is 0.507 e. The lowest BCUT2D eigenvalue weighted by Gasteiger charge is -2.16. The van der Waals surface area contributed by atoms with E-state index in [1.165, 1.54) is 22.3 Å². The summed E-state index contributed by atoms with van der Waals surface area (Å²) in [6.07, 6.45) is 4.35. The van der Waals surface area contributed by atoms with Gasteiger partial charge in [-0.3, -0.25) is 9.48 Å². The van der Waals surface area contributed by atoms with Gasteiger partial charge in [-0.2, -0.15) is 5.10 Å². The average molecular weight is 405 g/mol. The molecule has 3 aromatic rings. The fraction of sp³-hybridized carbons (Fsp3) is 0.360. The first-order valence-electron chi connectivity index (χ1n) is 10.5. The van der Waals surface area contributed by atoms with Crippen molar-refractivity contribution < 1.29 is 15.0 Å². The molecule has 0 bridgehead atoms. The number of hydrogen-bond donors (Lipinski definition) is 2. The van der Waals surface area contributed by atoms with E-state index in [9.17, 15) is 9.90 Å². The molecule has 30 heavy (non-hydrogen) atoms. The number of hydrogen-bond acceptors (Lipinski definition) is 3. The summed E-state index contributed by atoms with van der Waals surface area (Å²) in [5.74, 6) is -0.445. The third-order valence-corrected chi connectivity index (χ3v) is 6.24. The van der Waals surface area contributed by atoms with Crippen molar-refractivity contribution in [2.75, 3.05) is 0 Å². The molecular formula is C25H28N2O3. The highest BCUT2D eigenvalue weighted by Gasteiger charge is 2.23. The zero-order valence-electron chi connectivity index (χ0n) is 17.8. The summed E-state index contributed by atoms with van der Waals surface area (Å²) in [4.78, 5) is 11.1. The number of aryl methyl sites for hydroxylation is 2. The van der Waals surface area contributed by atoms with Crippen molar-refractivity contribution in [2.45, 2.75) is 59.4 Å². The van der Waals surface area contributed by atoms with E-state index in [0.717, 1.165) is 47.3 Å². The predicted octanol–water partition coefficient (Wildman–Crippen LogP) is 4.27. The molecule has 0 amide bonds. The Morgan fingerprint density at radius 2 is 1.73 bits per heavy atom. The number of rotatable bonds is 6. The molecule has 0 spiro atoms. The van der Waals surface area contributed by atoms with Gasteiger partial charge in [0.25, 0.3) is 0 Å². The molecule has 0 unspecified atom stereocenters. The van der Waals surface area contributed by atoms with Crippen LogP contribution in [0.5, 0.6) is 5.75 Å². The van der Waals surface area contributed by atoms with Gasteiger partial charge in [-0.25, -0.2) is 0 Å². The first-order chi connectivity index (χ1) is 14.3. The van der Waals surface area contributed by atoms with Gasteiger partial charge in [0.15, 0.2) is 0 Å². The minimum Gasteiger partial charge on any atom is -0.507 e. The van der Waals surface area contributed by atoms with Crippen molar-refractivity contribution in [3.8, 4) is 5.75 Å². The van der Waals surface area contributed by atoms with Crippen molar-refractivity contribution in [1.29, 1.82) is 0 Å². The number of carboxylic acids is 1. The lowest BCUT2D eigenvalue weighted by molar-refractivity contribution is -0.137. The molecule has 0 saturated carbocycles. The Kier molecular flexibility index (Phi) is 5.37. The van der Waals surface area contributed by atoms with Crippen LogP contribution in [-0.4, -0.2) is 26.0 Å². The van der Waals surface area contributed by atoms with Crippen molar-refractivity contribution >= 4 is 5.97 Å². The topological polar surface area (TPSA) is 75.4 Å². The standard InChI is InChI=1S/C25H28N2O3/c1-15-7-9-18(10-8-15)11-20-12-19(21-5-4-6-22(21)25(20)30)13-23-16(2)26-27(17(23)3)14-24(28)29/h7-10,12,30H,4-6,11,13-14H2,1-3H3,(H,28,29). The van der Waals surface area contributed by atoms with Crippen molar-refractivity contribution in [2.24, 2.45) is 0 Å². The summed E-state index contributed by atoms with van der Waals surface area (Å²) in [5.41, 5.74) is 9.78. The second-order valence-corrected chi connectivity index (χ2v) is 8.39. The van der Waals surface area contributed by atoms with E-state index in [2.05, 4.69) is 42.4 Å². The van der Waals surface area contributed by atoms with Crippen LogP contribution in [0.1, 0.15) is 56.8 Å². The molecule has 5 nitrogen and oxygen atoms in total. The van der Waals surface area contributed by atoms with Crippen LogP contribution in [-0.2, 0) is 37.0 Å². The van der Waals surface area contributed by atoms with Crippen molar-refractivity contribution in [1.82, 2.24) is 9.78 Å². The second kappa shape index (κ2) is 7.98. The van der Waals surface area contributed by atoms with Gasteiger partial charge >= 0.3 is 5.97 Å². The number of benzene rings is 2. The molecule has 1 aliphatic carbocycles. The zero-order chi connectivity index (χ0) is 21.4. The van der Waals surface area contributed by atoms with Gasteiger partial charge < -0.3 is 10.2 Å². The molecule has 156 valence electrons. The normalized spacial score (nSPS) is 12.9. The van der Waals surface area contributed by atoms with Gasteiger partial charge in [-0.15, -0.1) is 0 Å². The van der Waals surface area contributed by atoms with Gasteiger partial charge in [0.1, 0.15) is 12.3 Å². The lowest BCUT2D eigenvalue weighted by Crippen LogP contribution is -2.11. The Morgan fingerprint density at radius 1 is 1.03 bits per heavy atom. The number of aromatic hydroxyl groups is 1. The smallest absolute Gasteiger partial charge is 0.325 e. The van der Waals surface area contributed by atoms with Crippen LogP contribution in [0.25, 0.3) is 0 Å². The molecule has 4 rings (SSSR count). The highest BCUT2D eigenvalue weighted by atomic mass is 16.4. The lowest BCUT2D eigenvalue weighted by atomic mass is 9.91. The summed E-state index contributed by atoms with van der Waals surface area (Å²) >= 11 is 0. The molecule has 2 aromatic carbocycles. The van der Waals surface area contributed by atoms with Crippen LogP contribution in [0.2, 0.25) is 0 Å². The Hall–Kier alpha value is -3.08. The first kappa shape index (κ1) is 20.2. The van der Waals surface area contributed by atoms with E-state index in [0.29, 0.717) is 18.6 Å². The zero-order valence-corrected chi connectivity index (χ0v) is 17.8. The number of carbonyl (C=O) groups is 1. The second-order valence-electron chi connectivity index (χ2n) is 8.39. The summed E-state index contributed by atoms with van der Waals surface area (Å²) in [6.45, 7) is 5.82. The average Bonchev–Trinajstić information content (AvgIpc) is 3.28. The number of aliphatic carboxylic acids is 1. The fourth-order valence-corrected chi connectivity index (χ4v) is 4.60. The summed E-state index contributed by atoms with van der Waals surface area (Å²) in [6, 6.07) is 10.6. The highest BCUT2D eigenvalue weighted by molar-refractivity contribution is 5.66. The van der Waals surface area contributed by atoms with E-state index < -0.39 is 5.97 Å². The van der Waals surface area contributed by atoms with Crippen molar-refractivity contribution in [3.05, 3.63) is 80.7 Å². The Balaban J connectivity index is 1.72. The molecule has 5 heteroatoms. The van der Waals surface area contributed by atoms with E-state index in [1.807, 2.05) is 13.8 Å². The molecular weight excluding hydrogens is 376 g/mol. The fourth-order valence-electron chi connectivity index (χ4n) is 4.60. The SMILES string of the molecule is Cc1ccc(Cc2cc(Cc3c(C)nn(CC(=O)O)c3C)c3c(c2O)CCC3)cc1. The molecule has 1 aromatic heterocycles.